The van der Waals surface area contributed by atoms with E-state index in [0.717, 1.165) is 12.1 Å². The van der Waals surface area contributed by atoms with Crippen LogP contribution >= 0.6 is 0 Å². The monoisotopic (exact) mass is 358 g/mol. The fourth-order valence-corrected chi connectivity index (χ4v) is 3.16. The first kappa shape index (κ1) is 17.6. The van der Waals surface area contributed by atoms with Crippen molar-refractivity contribution in [3.8, 4) is 5.75 Å². The van der Waals surface area contributed by atoms with Gasteiger partial charge in [-0.15, -0.1) is 0 Å². The lowest BCUT2D eigenvalue weighted by Crippen LogP contribution is -2.20. The summed E-state index contributed by atoms with van der Waals surface area (Å²) in [6.07, 6.45) is 0. The maximum atomic E-state index is 14.6. The fraction of sp³-hybridized carbons (Fsp3) is 0.158. The van der Waals surface area contributed by atoms with Gasteiger partial charge in [-0.3, -0.25) is 14.2 Å². The van der Waals surface area contributed by atoms with Crippen molar-refractivity contribution in [2.75, 3.05) is 0 Å². The Kier molecular flexibility index (Phi) is 4.23. The SMILES string of the molecule is Cc1c(C(C)C(N)=O)c2c(F)c(O)ccc2n1C(=O)c1cccc(F)c1. The van der Waals surface area contributed by atoms with Gasteiger partial charge in [0.15, 0.2) is 11.6 Å². The standard InChI is InChI=1S/C19H16F2N2O3/c1-9(18(22)25)15-10(2)23(13-6-7-14(24)17(21)16(13)15)19(26)11-4-3-5-12(20)8-11/h3-9,24H,1-2H3,(H2,22,25). The minimum atomic E-state index is -0.945. The van der Waals surface area contributed by atoms with E-state index in [4.69, 9.17) is 5.73 Å². The molecule has 0 aliphatic carbocycles. The average molecular weight is 358 g/mol. The Morgan fingerprint density at radius 2 is 1.88 bits per heavy atom. The van der Waals surface area contributed by atoms with Gasteiger partial charge in [0.1, 0.15) is 5.82 Å². The number of amides is 1. The number of aromatic hydroxyl groups is 1. The smallest absolute Gasteiger partial charge is 0.262 e. The molecule has 1 aromatic heterocycles. The molecule has 0 fully saturated rings. The normalized spacial score (nSPS) is 12.3. The maximum Gasteiger partial charge on any atom is 0.262 e. The maximum absolute atomic E-state index is 14.6. The van der Waals surface area contributed by atoms with Crippen LogP contribution in [0.3, 0.4) is 0 Å². The molecular weight excluding hydrogens is 342 g/mol. The minimum absolute atomic E-state index is 0.0569. The quantitative estimate of drug-likeness (QED) is 0.754. The number of carbonyl (C=O) groups excluding carboxylic acids is 2. The zero-order valence-electron chi connectivity index (χ0n) is 14.1. The third-order valence-corrected chi connectivity index (χ3v) is 4.47. The molecule has 1 heterocycles. The van der Waals surface area contributed by atoms with Gasteiger partial charge in [0, 0.05) is 16.6 Å². The second-order valence-corrected chi connectivity index (χ2v) is 6.07. The van der Waals surface area contributed by atoms with Gasteiger partial charge in [-0.25, -0.2) is 8.78 Å². The second-order valence-electron chi connectivity index (χ2n) is 6.07. The molecule has 2 aromatic carbocycles. The average Bonchev–Trinajstić information content (AvgIpc) is 2.89. The minimum Gasteiger partial charge on any atom is -0.505 e. The second kappa shape index (κ2) is 6.25. The molecule has 3 N–H and O–H groups in total. The molecule has 134 valence electrons. The van der Waals surface area contributed by atoms with Crippen molar-refractivity contribution in [1.82, 2.24) is 4.57 Å². The van der Waals surface area contributed by atoms with E-state index in [1.165, 1.54) is 35.8 Å². The largest absolute Gasteiger partial charge is 0.505 e. The van der Waals surface area contributed by atoms with E-state index in [2.05, 4.69) is 0 Å². The highest BCUT2D eigenvalue weighted by Crippen LogP contribution is 2.37. The van der Waals surface area contributed by atoms with Crippen molar-refractivity contribution in [3.63, 3.8) is 0 Å². The summed E-state index contributed by atoms with van der Waals surface area (Å²) < 4.78 is 29.3. The number of benzene rings is 2. The van der Waals surface area contributed by atoms with Crippen LogP contribution in [0.5, 0.6) is 5.75 Å². The summed E-state index contributed by atoms with van der Waals surface area (Å²) in [6, 6.07) is 7.59. The van der Waals surface area contributed by atoms with E-state index in [9.17, 15) is 23.5 Å². The Hall–Kier alpha value is -3.22. The van der Waals surface area contributed by atoms with Crippen molar-refractivity contribution in [2.45, 2.75) is 19.8 Å². The van der Waals surface area contributed by atoms with Crippen LogP contribution in [0.2, 0.25) is 0 Å². The third-order valence-electron chi connectivity index (χ3n) is 4.47. The zero-order valence-corrected chi connectivity index (χ0v) is 14.1. The molecule has 0 radical (unpaired) electrons. The summed E-state index contributed by atoms with van der Waals surface area (Å²) in [4.78, 5) is 24.6. The van der Waals surface area contributed by atoms with Gasteiger partial charge < -0.3 is 10.8 Å². The lowest BCUT2D eigenvalue weighted by molar-refractivity contribution is -0.119. The molecule has 1 amide bonds. The fourth-order valence-electron chi connectivity index (χ4n) is 3.16. The van der Waals surface area contributed by atoms with Crippen LogP contribution in [-0.2, 0) is 4.79 Å². The van der Waals surface area contributed by atoms with Crippen molar-refractivity contribution in [2.24, 2.45) is 5.73 Å². The molecular formula is C19H16F2N2O3. The number of nitrogens with zero attached hydrogens (tertiary/aromatic N) is 1. The molecule has 1 unspecified atom stereocenters. The van der Waals surface area contributed by atoms with Crippen LogP contribution in [0.1, 0.15) is 34.5 Å². The number of fused-ring (bicyclic) bond motifs is 1. The number of primary amides is 1. The summed E-state index contributed by atoms with van der Waals surface area (Å²) in [6.45, 7) is 3.03. The molecule has 3 aromatic rings. The van der Waals surface area contributed by atoms with Crippen LogP contribution in [-0.4, -0.2) is 21.5 Å². The summed E-state index contributed by atoms with van der Waals surface area (Å²) in [5.41, 5.74) is 6.10. The Morgan fingerprint density at radius 3 is 2.50 bits per heavy atom. The summed E-state index contributed by atoms with van der Waals surface area (Å²) in [5.74, 6) is -4.31. The van der Waals surface area contributed by atoms with Crippen molar-refractivity contribution < 1.29 is 23.5 Å². The highest BCUT2D eigenvalue weighted by Gasteiger charge is 2.28. The summed E-state index contributed by atoms with van der Waals surface area (Å²) >= 11 is 0. The van der Waals surface area contributed by atoms with Gasteiger partial charge in [0.2, 0.25) is 5.91 Å². The van der Waals surface area contributed by atoms with E-state index >= 15 is 0 Å². The number of hydrogen-bond donors (Lipinski definition) is 2. The topological polar surface area (TPSA) is 85.3 Å². The number of halogens is 2. The predicted octanol–water partition coefficient (Wildman–Crippen LogP) is 3.21. The number of phenolic OH excluding ortho intramolecular Hbond substituents is 1. The van der Waals surface area contributed by atoms with Gasteiger partial charge in [0.25, 0.3) is 5.91 Å². The molecule has 0 spiro atoms. The van der Waals surface area contributed by atoms with Crippen LogP contribution in [0.15, 0.2) is 36.4 Å². The van der Waals surface area contributed by atoms with Gasteiger partial charge in [-0.2, -0.15) is 0 Å². The molecule has 7 heteroatoms. The van der Waals surface area contributed by atoms with Crippen LogP contribution in [0.4, 0.5) is 8.78 Å². The number of nitrogens with two attached hydrogens (primary N) is 1. The number of carbonyl (C=O) groups is 2. The number of rotatable bonds is 3. The molecule has 26 heavy (non-hydrogen) atoms. The van der Waals surface area contributed by atoms with Crippen LogP contribution < -0.4 is 5.73 Å². The van der Waals surface area contributed by atoms with E-state index in [1.54, 1.807) is 6.92 Å². The van der Waals surface area contributed by atoms with E-state index in [0.29, 0.717) is 5.69 Å². The Bertz CT molecular complexity index is 1060. The Balaban J connectivity index is 2.37. The van der Waals surface area contributed by atoms with Gasteiger partial charge in [-0.05, 0) is 49.7 Å². The number of aromatic nitrogens is 1. The molecule has 0 aliphatic heterocycles. The molecule has 1 atom stereocenters. The highest BCUT2D eigenvalue weighted by atomic mass is 19.1. The van der Waals surface area contributed by atoms with Crippen LogP contribution in [0.25, 0.3) is 10.9 Å². The highest BCUT2D eigenvalue weighted by molar-refractivity contribution is 6.05. The molecule has 3 rings (SSSR count). The van der Waals surface area contributed by atoms with Crippen molar-refractivity contribution >= 4 is 22.7 Å². The predicted molar refractivity (Wildman–Crippen MR) is 92.0 cm³/mol. The van der Waals surface area contributed by atoms with E-state index < -0.39 is 35.1 Å². The Morgan fingerprint density at radius 1 is 1.19 bits per heavy atom. The first-order chi connectivity index (χ1) is 12.2. The van der Waals surface area contributed by atoms with Crippen molar-refractivity contribution in [1.29, 1.82) is 0 Å². The molecule has 0 saturated heterocycles. The molecule has 0 bridgehead atoms. The zero-order chi connectivity index (χ0) is 19.2. The lowest BCUT2D eigenvalue weighted by Gasteiger charge is -2.10. The third kappa shape index (κ3) is 2.61. The van der Waals surface area contributed by atoms with Gasteiger partial charge in [0.05, 0.1) is 11.4 Å². The van der Waals surface area contributed by atoms with Gasteiger partial charge in [-0.1, -0.05) is 6.07 Å². The van der Waals surface area contributed by atoms with E-state index in [1.807, 2.05) is 0 Å². The molecule has 0 saturated carbocycles. The molecule has 5 nitrogen and oxygen atoms in total. The summed E-state index contributed by atoms with van der Waals surface area (Å²) in [7, 11) is 0. The van der Waals surface area contributed by atoms with Crippen molar-refractivity contribution in [3.05, 3.63) is 64.9 Å². The first-order valence-electron chi connectivity index (χ1n) is 7.86. The number of hydrogen-bond acceptors (Lipinski definition) is 3. The summed E-state index contributed by atoms with van der Waals surface area (Å²) in [5, 5.41) is 9.66. The molecule has 0 aliphatic rings. The first-order valence-corrected chi connectivity index (χ1v) is 7.86. The van der Waals surface area contributed by atoms with E-state index in [-0.39, 0.29) is 22.0 Å². The van der Waals surface area contributed by atoms with Gasteiger partial charge >= 0.3 is 0 Å². The Labute approximate surface area is 147 Å². The lowest BCUT2D eigenvalue weighted by atomic mass is 9.97. The number of phenols is 1. The van der Waals surface area contributed by atoms with Crippen LogP contribution in [0, 0.1) is 18.6 Å².